The summed E-state index contributed by atoms with van der Waals surface area (Å²) in [7, 11) is 0. The normalized spacial score (nSPS) is 24.5. The molecule has 30 heavy (non-hydrogen) atoms. The van der Waals surface area contributed by atoms with Crippen molar-refractivity contribution in [2.45, 2.75) is 31.1 Å². The maximum absolute atomic E-state index is 10.1. The van der Waals surface area contributed by atoms with Crippen LogP contribution in [-0.2, 0) is 11.3 Å². The van der Waals surface area contributed by atoms with Crippen LogP contribution in [0, 0.1) is 11.3 Å². The molecule has 5 rings (SSSR count). The van der Waals surface area contributed by atoms with Gasteiger partial charge in [-0.1, -0.05) is 41.9 Å². The van der Waals surface area contributed by atoms with Gasteiger partial charge in [0.25, 0.3) is 0 Å². The largest absolute Gasteiger partial charge is 0.370 e. The number of aromatic amines is 1. The highest BCUT2D eigenvalue weighted by atomic mass is 35.5. The fourth-order valence-corrected chi connectivity index (χ4v) is 4.92. The zero-order valence-electron chi connectivity index (χ0n) is 16.7. The number of aromatic nitrogens is 2. The van der Waals surface area contributed by atoms with Crippen molar-refractivity contribution in [2.75, 3.05) is 31.1 Å². The average Bonchev–Trinajstić information content (AvgIpc) is 3.22. The first-order chi connectivity index (χ1) is 14.7. The third-order valence-electron chi connectivity index (χ3n) is 6.50. The highest BCUT2D eigenvalue weighted by Crippen LogP contribution is 2.41. The standard InChI is InChI=1S/C23H24ClN5O/c24-19-12-18-14-26-27-20(18)13-21(19)28-8-10-29(11-9-28)23(16-25)7-6-22(23)30-15-17-4-2-1-3-5-17/h1-5,12-14,22H,6-11,15H2,(H,26,27). The molecule has 1 aromatic heterocycles. The Morgan fingerprint density at radius 1 is 1.20 bits per heavy atom. The van der Waals surface area contributed by atoms with Crippen LogP contribution < -0.4 is 4.90 Å². The number of piperazine rings is 1. The number of anilines is 1. The third kappa shape index (κ3) is 3.33. The first-order valence-electron chi connectivity index (χ1n) is 10.4. The summed E-state index contributed by atoms with van der Waals surface area (Å²) in [5, 5.41) is 18.9. The van der Waals surface area contributed by atoms with Crippen molar-refractivity contribution < 1.29 is 4.74 Å². The van der Waals surface area contributed by atoms with E-state index in [1.54, 1.807) is 6.20 Å². The lowest BCUT2D eigenvalue weighted by Gasteiger charge is -2.53. The molecule has 2 heterocycles. The molecule has 1 saturated carbocycles. The minimum Gasteiger partial charge on any atom is -0.370 e. The molecule has 2 aromatic carbocycles. The SMILES string of the molecule is N#CC1(N2CCN(c3cc4[nH]ncc4cc3Cl)CC2)CCC1OCc1ccccc1. The van der Waals surface area contributed by atoms with Crippen molar-refractivity contribution >= 4 is 28.2 Å². The Bertz CT molecular complexity index is 1070. The number of hydrogen-bond acceptors (Lipinski definition) is 5. The summed E-state index contributed by atoms with van der Waals surface area (Å²) in [6, 6.07) is 16.8. The molecule has 2 aliphatic rings. The van der Waals surface area contributed by atoms with Crippen molar-refractivity contribution in [1.82, 2.24) is 15.1 Å². The lowest BCUT2D eigenvalue weighted by Crippen LogP contribution is -2.67. The maximum Gasteiger partial charge on any atom is 0.135 e. The molecule has 2 fully saturated rings. The molecular weight excluding hydrogens is 398 g/mol. The molecule has 0 radical (unpaired) electrons. The van der Waals surface area contributed by atoms with Gasteiger partial charge in [-0.25, -0.2) is 0 Å². The number of hydrogen-bond donors (Lipinski definition) is 1. The summed E-state index contributed by atoms with van der Waals surface area (Å²) in [6.07, 6.45) is 3.54. The Kier molecular flexibility index (Phi) is 5.11. The van der Waals surface area contributed by atoms with Gasteiger partial charge in [-0.3, -0.25) is 10.00 Å². The number of nitrogens with zero attached hydrogens (tertiary/aromatic N) is 4. The Labute approximate surface area is 181 Å². The molecule has 3 aromatic rings. The van der Waals surface area contributed by atoms with Crippen molar-refractivity contribution in [2.24, 2.45) is 0 Å². The van der Waals surface area contributed by atoms with Crippen LogP contribution in [0.15, 0.2) is 48.7 Å². The van der Waals surface area contributed by atoms with Gasteiger partial charge in [0.1, 0.15) is 5.54 Å². The monoisotopic (exact) mass is 421 g/mol. The van der Waals surface area contributed by atoms with Gasteiger partial charge < -0.3 is 9.64 Å². The van der Waals surface area contributed by atoms with Gasteiger partial charge in [-0.15, -0.1) is 0 Å². The molecule has 1 saturated heterocycles. The van der Waals surface area contributed by atoms with E-state index in [2.05, 4.69) is 44.3 Å². The van der Waals surface area contributed by atoms with Crippen LogP contribution in [0.2, 0.25) is 5.02 Å². The van der Waals surface area contributed by atoms with E-state index < -0.39 is 5.54 Å². The summed E-state index contributed by atoms with van der Waals surface area (Å²) in [5.74, 6) is 0. The highest BCUT2D eigenvalue weighted by molar-refractivity contribution is 6.34. The number of nitriles is 1. The molecule has 7 heteroatoms. The van der Waals surface area contributed by atoms with E-state index in [1.165, 1.54) is 0 Å². The van der Waals surface area contributed by atoms with Gasteiger partial charge in [0.15, 0.2) is 0 Å². The molecule has 154 valence electrons. The van der Waals surface area contributed by atoms with E-state index in [4.69, 9.17) is 16.3 Å². The Balaban J connectivity index is 1.25. The second kappa shape index (κ2) is 7.92. The highest BCUT2D eigenvalue weighted by Gasteiger charge is 2.53. The quantitative estimate of drug-likeness (QED) is 0.674. The van der Waals surface area contributed by atoms with Gasteiger partial charge in [0.05, 0.1) is 41.2 Å². The molecule has 1 aliphatic heterocycles. The van der Waals surface area contributed by atoms with Gasteiger partial charge in [-0.2, -0.15) is 10.4 Å². The third-order valence-corrected chi connectivity index (χ3v) is 6.80. The molecule has 0 bridgehead atoms. The Morgan fingerprint density at radius 2 is 2.00 bits per heavy atom. The van der Waals surface area contributed by atoms with E-state index >= 15 is 0 Å². The zero-order valence-corrected chi connectivity index (χ0v) is 17.5. The second-order valence-electron chi connectivity index (χ2n) is 8.09. The van der Waals surface area contributed by atoms with Gasteiger partial charge in [-0.05, 0) is 30.5 Å². The van der Waals surface area contributed by atoms with Crippen LogP contribution >= 0.6 is 11.6 Å². The van der Waals surface area contributed by atoms with E-state index in [1.807, 2.05) is 24.3 Å². The predicted molar refractivity (Wildman–Crippen MR) is 117 cm³/mol. The lowest BCUT2D eigenvalue weighted by atomic mass is 9.73. The van der Waals surface area contributed by atoms with E-state index in [-0.39, 0.29) is 6.10 Å². The first-order valence-corrected chi connectivity index (χ1v) is 10.8. The van der Waals surface area contributed by atoms with E-state index in [0.29, 0.717) is 6.61 Å². The number of nitrogens with one attached hydrogen (secondary N) is 1. The molecule has 1 N–H and O–H groups in total. The van der Waals surface area contributed by atoms with Crippen LogP contribution in [0.25, 0.3) is 10.9 Å². The van der Waals surface area contributed by atoms with Crippen LogP contribution in [0.5, 0.6) is 0 Å². The summed E-state index contributed by atoms with van der Waals surface area (Å²) in [5.41, 5.74) is 2.63. The topological polar surface area (TPSA) is 68.2 Å². The van der Waals surface area contributed by atoms with Gasteiger partial charge in [0, 0.05) is 31.6 Å². The van der Waals surface area contributed by atoms with Crippen molar-refractivity contribution in [3.05, 3.63) is 59.2 Å². The van der Waals surface area contributed by atoms with Crippen molar-refractivity contribution in [1.29, 1.82) is 5.26 Å². The Morgan fingerprint density at radius 3 is 2.70 bits per heavy atom. The maximum atomic E-state index is 10.1. The summed E-state index contributed by atoms with van der Waals surface area (Å²) in [6.45, 7) is 3.84. The molecule has 1 aliphatic carbocycles. The zero-order chi connectivity index (χ0) is 20.6. The number of benzene rings is 2. The van der Waals surface area contributed by atoms with Crippen molar-refractivity contribution in [3.8, 4) is 6.07 Å². The van der Waals surface area contributed by atoms with Gasteiger partial charge >= 0.3 is 0 Å². The Hall–Kier alpha value is -2.59. The van der Waals surface area contributed by atoms with Crippen molar-refractivity contribution in [3.63, 3.8) is 0 Å². The number of halogens is 1. The van der Waals surface area contributed by atoms with E-state index in [9.17, 15) is 5.26 Å². The molecule has 2 unspecified atom stereocenters. The average molecular weight is 422 g/mol. The minimum atomic E-state index is -0.516. The first kappa shape index (κ1) is 19.4. The van der Waals surface area contributed by atoms with Crippen LogP contribution in [0.4, 0.5) is 5.69 Å². The summed E-state index contributed by atoms with van der Waals surface area (Å²) >= 11 is 6.54. The predicted octanol–water partition coefficient (Wildman–Crippen LogP) is 3.98. The second-order valence-corrected chi connectivity index (χ2v) is 8.50. The number of H-pyrrole nitrogens is 1. The molecule has 6 nitrogen and oxygen atoms in total. The molecule has 0 amide bonds. The number of ether oxygens (including phenoxy) is 1. The van der Waals surface area contributed by atoms with Crippen LogP contribution in [-0.4, -0.2) is 52.9 Å². The summed E-state index contributed by atoms with van der Waals surface area (Å²) in [4.78, 5) is 4.61. The fraction of sp³-hybridized carbons (Fsp3) is 0.391. The smallest absolute Gasteiger partial charge is 0.135 e. The van der Waals surface area contributed by atoms with E-state index in [0.717, 1.165) is 66.2 Å². The summed E-state index contributed by atoms with van der Waals surface area (Å²) < 4.78 is 6.18. The molecule has 0 spiro atoms. The number of fused-ring (bicyclic) bond motifs is 1. The van der Waals surface area contributed by atoms with Crippen LogP contribution in [0.1, 0.15) is 18.4 Å². The number of rotatable bonds is 5. The lowest BCUT2D eigenvalue weighted by molar-refractivity contribution is -0.116. The fourth-order valence-electron chi connectivity index (χ4n) is 4.63. The molecular formula is C23H24ClN5O. The minimum absolute atomic E-state index is 0.0424. The van der Waals surface area contributed by atoms with Crippen LogP contribution in [0.3, 0.4) is 0 Å². The van der Waals surface area contributed by atoms with Gasteiger partial charge in [0.2, 0.25) is 0 Å². The molecule has 2 atom stereocenters.